The van der Waals surface area contributed by atoms with Crippen molar-refractivity contribution in [2.24, 2.45) is 0 Å². The van der Waals surface area contributed by atoms with Crippen LogP contribution in [0.4, 0.5) is 15.8 Å². The van der Waals surface area contributed by atoms with Gasteiger partial charge in [0.05, 0.1) is 0 Å². The van der Waals surface area contributed by atoms with E-state index in [0.29, 0.717) is 5.56 Å². The Labute approximate surface area is 171 Å². The molecule has 0 spiro atoms. The number of carbonyl (C=O) groups excluding carboxylic acids is 2. The fourth-order valence-electron chi connectivity index (χ4n) is 3.55. The van der Waals surface area contributed by atoms with Crippen molar-refractivity contribution in [3.05, 3.63) is 59.9 Å². The first-order chi connectivity index (χ1) is 14.0. The lowest BCUT2D eigenvalue weighted by Gasteiger charge is -2.28. The number of rotatable bonds is 7. The second-order valence-electron chi connectivity index (χ2n) is 7.42. The summed E-state index contributed by atoms with van der Waals surface area (Å²) < 4.78 is 13.8. The molecule has 2 aromatic rings. The number of carbonyl (C=O) groups is 2. The lowest BCUT2D eigenvalue weighted by atomic mass is 10.1. The molecule has 154 valence electrons. The van der Waals surface area contributed by atoms with Gasteiger partial charge in [0, 0.05) is 56.5 Å². The normalized spacial score (nSPS) is 13.8. The van der Waals surface area contributed by atoms with Crippen molar-refractivity contribution in [3.63, 3.8) is 0 Å². The van der Waals surface area contributed by atoms with E-state index in [1.165, 1.54) is 42.8 Å². The Morgan fingerprint density at radius 3 is 2.38 bits per heavy atom. The highest BCUT2D eigenvalue weighted by atomic mass is 19.1. The summed E-state index contributed by atoms with van der Waals surface area (Å²) in [6.07, 6.45) is 3.89. The molecule has 1 aliphatic heterocycles. The van der Waals surface area contributed by atoms with Gasteiger partial charge in [-0.25, -0.2) is 4.39 Å². The van der Waals surface area contributed by atoms with E-state index in [4.69, 9.17) is 0 Å². The largest absolute Gasteiger partial charge is 0.372 e. The van der Waals surface area contributed by atoms with E-state index < -0.39 is 0 Å². The third-order valence-corrected chi connectivity index (χ3v) is 5.25. The van der Waals surface area contributed by atoms with Gasteiger partial charge in [-0.1, -0.05) is 18.2 Å². The zero-order valence-corrected chi connectivity index (χ0v) is 16.9. The molecule has 3 rings (SSSR count). The van der Waals surface area contributed by atoms with Gasteiger partial charge in [0.2, 0.25) is 11.8 Å². The van der Waals surface area contributed by atoms with Crippen LogP contribution in [-0.4, -0.2) is 36.3 Å². The molecule has 0 radical (unpaired) electrons. The van der Waals surface area contributed by atoms with Crippen molar-refractivity contribution in [1.82, 2.24) is 4.90 Å². The Morgan fingerprint density at radius 1 is 1.03 bits per heavy atom. The van der Waals surface area contributed by atoms with Gasteiger partial charge in [-0.05, 0) is 49.6 Å². The van der Waals surface area contributed by atoms with Crippen molar-refractivity contribution < 1.29 is 14.0 Å². The highest BCUT2D eigenvalue weighted by Gasteiger charge is 2.14. The molecule has 0 saturated carbocycles. The van der Waals surface area contributed by atoms with Crippen LogP contribution >= 0.6 is 0 Å². The zero-order chi connectivity index (χ0) is 20.6. The van der Waals surface area contributed by atoms with Crippen LogP contribution in [0.1, 0.15) is 38.2 Å². The second kappa shape index (κ2) is 10.0. The molecule has 0 aromatic heterocycles. The molecule has 1 heterocycles. The molecule has 6 heteroatoms. The molecular weight excluding hydrogens is 369 g/mol. The summed E-state index contributed by atoms with van der Waals surface area (Å²) in [7, 11) is 0. The standard InChI is InChI=1S/C23H28FN3O2/c1-18(28)27(17-19-7-3-4-8-22(19)24)16-13-23(29)25-20-9-11-21(12-10-20)26-14-5-2-6-15-26/h3-4,7-12H,2,5-6,13-17H2,1H3,(H,25,29). The Balaban J connectivity index is 1.51. The number of amides is 2. The van der Waals surface area contributed by atoms with Crippen molar-refractivity contribution in [2.75, 3.05) is 29.9 Å². The number of nitrogens with one attached hydrogen (secondary N) is 1. The van der Waals surface area contributed by atoms with Crippen molar-refractivity contribution >= 4 is 23.2 Å². The minimum atomic E-state index is -0.350. The third kappa shape index (κ3) is 6.04. The van der Waals surface area contributed by atoms with Crippen molar-refractivity contribution in [2.45, 2.75) is 39.2 Å². The zero-order valence-electron chi connectivity index (χ0n) is 16.9. The average molecular weight is 397 g/mol. The second-order valence-corrected chi connectivity index (χ2v) is 7.42. The minimum Gasteiger partial charge on any atom is -0.372 e. The molecule has 29 heavy (non-hydrogen) atoms. The summed E-state index contributed by atoms with van der Waals surface area (Å²) in [6, 6.07) is 14.2. The number of hydrogen-bond donors (Lipinski definition) is 1. The van der Waals surface area contributed by atoms with Gasteiger partial charge in [0.25, 0.3) is 0 Å². The maximum atomic E-state index is 13.8. The Bertz CT molecular complexity index is 832. The highest BCUT2D eigenvalue weighted by Crippen LogP contribution is 2.22. The topological polar surface area (TPSA) is 52.7 Å². The molecule has 1 saturated heterocycles. The molecule has 1 aliphatic rings. The van der Waals surface area contributed by atoms with E-state index in [1.807, 2.05) is 24.3 Å². The molecule has 5 nitrogen and oxygen atoms in total. The van der Waals surface area contributed by atoms with Crippen LogP contribution in [0.2, 0.25) is 0 Å². The van der Waals surface area contributed by atoms with Gasteiger partial charge >= 0.3 is 0 Å². The van der Waals surface area contributed by atoms with Gasteiger partial charge in [-0.15, -0.1) is 0 Å². The van der Waals surface area contributed by atoms with Crippen molar-refractivity contribution in [1.29, 1.82) is 0 Å². The predicted molar refractivity (Wildman–Crippen MR) is 113 cm³/mol. The molecule has 0 atom stereocenters. The van der Waals surface area contributed by atoms with Crippen LogP contribution in [0, 0.1) is 5.82 Å². The fourth-order valence-corrected chi connectivity index (χ4v) is 3.55. The van der Waals surface area contributed by atoms with Gasteiger partial charge < -0.3 is 15.1 Å². The molecular formula is C23H28FN3O2. The van der Waals surface area contributed by atoms with Gasteiger partial charge in [-0.3, -0.25) is 9.59 Å². The van der Waals surface area contributed by atoms with Gasteiger partial charge in [-0.2, -0.15) is 0 Å². The maximum Gasteiger partial charge on any atom is 0.226 e. The highest BCUT2D eigenvalue weighted by molar-refractivity contribution is 5.91. The predicted octanol–water partition coefficient (Wildman–Crippen LogP) is 4.19. The summed E-state index contributed by atoms with van der Waals surface area (Å²) in [6.45, 7) is 3.97. The molecule has 0 bridgehead atoms. The SMILES string of the molecule is CC(=O)N(CCC(=O)Nc1ccc(N2CCCCC2)cc1)Cc1ccccc1F. The molecule has 2 amide bonds. The van der Waals surface area contributed by atoms with E-state index in [2.05, 4.69) is 10.2 Å². The van der Waals surface area contributed by atoms with E-state index in [0.717, 1.165) is 18.8 Å². The smallest absolute Gasteiger partial charge is 0.226 e. The molecule has 2 aromatic carbocycles. The van der Waals surface area contributed by atoms with Gasteiger partial charge in [0.1, 0.15) is 5.82 Å². The first-order valence-corrected chi connectivity index (χ1v) is 10.2. The van der Waals surface area contributed by atoms with Crippen molar-refractivity contribution in [3.8, 4) is 0 Å². The molecule has 0 aliphatic carbocycles. The number of benzene rings is 2. The van der Waals surface area contributed by atoms with Gasteiger partial charge in [0.15, 0.2) is 0 Å². The van der Waals surface area contributed by atoms with Crippen LogP contribution in [-0.2, 0) is 16.1 Å². The minimum absolute atomic E-state index is 0.153. The summed E-state index contributed by atoms with van der Waals surface area (Å²) in [5.74, 6) is -0.709. The summed E-state index contributed by atoms with van der Waals surface area (Å²) in [5, 5.41) is 2.87. The van der Waals surface area contributed by atoms with Crippen LogP contribution in [0.5, 0.6) is 0 Å². The van der Waals surface area contributed by atoms with Crippen LogP contribution in [0.25, 0.3) is 0 Å². The summed E-state index contributed by atoms with van der Waals surface area (Å²) in [4.78, 5) is 28.0. The first kappa shape index (κ1) is 20.8. The van der Waals surface area contributed by atoms with Crippen LogP contribution in [0.3, 0.4) is 0 Å². The van der Waals surface area contributed by atoms with E-state index in [-0.39, 0.29) is 37.1 Å². The number of nitrogens with zero attached hydrogens (tertiary/aromatic N) is 2. The third-order valence-electron chi connectivity index (χ3n) is 5.25. The molecule has 1 N–H and O–H groups in total. The molecule has 1 fully saturated rings. The van der Waals surface area contributed by atoms with E-state index in [1.54, 1.807) is 18.2 Å². The Hall–Kier alpha value is -2.89. The monoisotopic (exact) mass is 397 g/mol. The fraction of sp³-hybridized carbons (Fsp3) is 0.391. The number of anilines is 2. The number of hydrogen-bond acceptors (Lipinski definition) is 3. The lowest BCUT2D eigenvalue weighted by molar-refractivity contribution is -0.130. The molecule has 0 unspecified atom stereocenters. The lowest BCUT2D eigenvalue weighted by Crippen LogP contribution is -2.32. The summed E-state index contributed by atoms with van der Waals surface area (Å²) in [5.41, 5.74) is 2.35. The number of halogens is 1. The summed E-state index contributed by atoms with van der Waals surface area (Å²) >= 11 is 0. The van der Waals surface area contributed by atoms with Crippen LogP contribution in [0.15, 0.2) is 48.5 Å². The maximum absolute atomic E-state index is 13.8. The number of piperidine rings is 1. The first-order valence-electron chi connectivity index (χ1n) is 10.2. The van der Waals surface area contributed by atoms with E-state index >= 15 is 0 Å². The average Bonchev–Trinajstić information content (AvgIpc) is 2.73. The Morgan fingerprint density at radius 2 is 1.72 bits per heavy atom. The van der Waals surface area contributed by atoms with Crippen LogP contribution < -0.4 is 10.2 Å². The Kier molecular flexibility index (Phi) is 7.22. The van der Waals surface area contributed by atoms with E-state index in [9.17, 15) is 14.0 Å². The quantitative estimate of drug-likeness (QED) is 0.762.